The third-order valence-corrected chi connectivity index (χ3v) is 4.65. The molecule has 1 fully saturated rings. The highest BCUT2D eigenvalue weighted by Crippen LogP contribution is 2.41. The fourth-order valence-corrected chi connectivity index (χ4v) is 3.01. The minimum Gasteiger partial charge on any atom is -0.364 e. The van der Waals surface area contributed by atoms with Gasteiger partial charge >= 0.3 is 0 Å². The SMILES string of the molecule is C[C@H](CC=O)N(N)c1cnc(C(N)=O)c(Nc2cc(C3CC3)ns2)n1. The standard InChI is InChI=1S/C15H19N7O2S/c1-8(4-5-23)22(17)11-7-18-13(14(16)24)15(19-11)20-12-6-10(21-25-12)9-2-3-9/h5-9H,2-4,17H2,1H3,(H2,16,24)(H,19,20)/t8-/m1/s1. The number of primary amides is 1. The maximum absolute atomic E-state index is 11.6. The number of carbonyl (C=O) groups excluding carboxylic acids is 2. The van der Waals surface area contributed by atoms with Gasteiger partial charge in [-0.2, -0.15) is 4.37 Å². The average Bonchev–Trinajstić information content (AvgIpc) is 3.34. The molecule has 1 amide bonds. The number of carbonyl (C=O) groups is 2. The lowest BCUT2D eigenvalue weighted by molar-refractivity contribution is -0.108. The number of hydrogen-bond donors (Lipinski definition) is 3. The minimum atomic E-state index is -0.696. The Labute approximate surface area is 148 Å². The van der Waals surface area contributed by atoms with E-state index >= 15 is 0 Å². The van der Waals surface area contributed by atoms with Crippen molar-refractivity contribution in [2.75, 3.05) is 10.3 Å². The molecular weight excluding hydrogens is 342 g/mol. The molecule has 5 N–H and O–H groups in total. The van der Waals surface area contributed by atoms with Gasteiger partial charge in [0.2, 0.25) is 0 Å². The van der Waals surface area contributed by atoms with Crippen LogP contribution in [0.5, 0.6) is 0 Å². The monoisotopic (exact) mass is 361 g/mol. The zero-order chi connectivity index (χ0) is 18.0. The average molecular weight is 361 g/mol. The number of aldehydes is 1. The lowest BCUT2D eigenvalue weighted by Gasteiger charge is -2.23. The van der Waals surface area contributed by atoms with Gasteiger partial charge in [0.1, 0.15) is 11.3 Å². The van der Waals surface area contributed by atoms with Crippen molar-refractivity contribution >= 4 is 40.4 Å². The fourth-order valence-electron chi connectivity index (χ4n) is 2.29. The molecule has 1 aliphatic carbocycles. The predicted octanol–water partition coefficient (Wildman–Crippen LogP) is 1.31. The number of amides is 1. The van der Waals surface area contributed by atoms with Crippen molar-refractivity contribution < 1.29 is 9.59 Å². The fraction of sp³-hybridized carbons (Fsp3) is 0.400. The second kappa shape index (κ2) is 7.11. The molecule has 2 heterocycles. The zero-order valence-corrected chi connectivity index (χ0v) is 14.5. The lowest BCUT2D eigenvalue weighted by Crippen LogP contribution is -2.40. The van der Waals surface area contributed by atoms with Crippen molar-refractivity contribution in [3.8, 4) is 0 Å². The first-order valence-electron chi connectivity index (χ1n) is 7.87. The number of hydrogen-bond acceptors (Lipinski definition) is 9. The summed E-state index contributed by atoms with van der Waals surface area (Å²) in [5.41, 5.74) is 6.44. The van der Waals surface area contributed by atoms with Crippen LogP contribution in [0.2, 0.25) is 0 Å². The van der Waals surface area contributed by atoms with E-state index < -0.39 is 5.91 Å². The Hall–Kier alpha value is -2.59. The van der Waals surface area contributed by atoms with Crippen molar-refractivity contribution in [1.29, 1.82) is 0 Å². The van der Waals surface area contributed by atoms with Gasteiger partial charge in [-0.3, -0.25) is 9.80 Å². The van der Waals surface area contributed by atoms with Gasteiger partial charge in [0, 0.05) is 12.3 Å². The summed E-state index contributed by atoms with van der Waals surface area (Å²) in [5.74, 6) is 6.36. The molecule has 10 heteroatoms. The molecule has 9 nitrogen and oxygen atoms in total. The number of nitrogens with two attached hydrogens (primary N) is 2. The highest BCUT2D eigenvalue weighted by atomic mass is 32.1. The van der Waals surface area contributed by atoms with Crippen molar-refractivity contribution in [2.45, 2.75) is 38.1 Å². The molecule has 25 heavy (non-hydrogen) atoms. The smallest absolute Gasteiger partial charge is 0.271 e. The molecule has 2 aromatic rings. The lowest BCUT2D eigenvalue weighted by atomic mass is 10.2. The van der Waals surface area contributed by atoms with E-state index in [9.17, 15) is 9.59 Å². The van der Waals surface area contributed by atoms with E-state index in [1.54, 1.807) is 6.92 Å². The van der Waals surface area contributed by atoms with Crippen LogP contribution < -0.4 is 21.9 Å². The molecule has 0 spiro atoms. The second-order valence-electron chi connectivity index (χ2n) is 5.96. The molecule has 1 aliphatic rings. The number of nitrogens with zero attached hydrogens (tertiary/aromatic N) is 4. The molecule has 0 saturated heterocycles. The zero-order valence-electron chi connectivity index (χ0n) is 13.7. The number of nitrogens with one attached hydrogen (secondary N) is 1. The van der Waals surface area contributed by atoms with Crippen molar-refractivity contribution in [2.24, 2.45) is 11.6 Å². The summed E-state index contributed by atoms with van der Waals surface area (Å²) in [6.45, 7) is 1.79. The first kappa shape index (κ1) is 17.2. The van der Waals surface area contributed by atoms with Crippen molar-refractivity contribution in [3.05, 3.63) is 23.7 Å². The molecule has 0 radical (unpaired) electrons. The van der Waals surface area contributed by atoms with Crippen LogP contribution in [0.25, 0.3) is 0 Å². The summed E-state index contributed by atoms with van der Waals surface area (Å²) >= 11 is 1.29. The Morgan fingerprint density at radius 2 is 2.32 bits per heavy atom. The summed E-state index contributed by atoms with van der Waals surface area (Å²) in [7, 11) is 0. The topological polar surface area (TPSA) is 140 Å². The van der Waals surface area contributed by atoms with Crippen LogP contribution in [0.1, 0.15) is 48.3 Å². The van der Waals surface area contributed by atoms with E-state index in [1.165, 1.54) is 22.7 Å². The molecule has 132 valence electrons. The molecule has 0 unspecified atom stereocenters. The van der Waals surface area contributed by atoms with Gasteiger partial charge in [0.05, 0.1) is 17.9 Å². The number of anilines is 3. The molecule has 0 aliphatic heterocycles. The maximum atomic E-state index is 11.6. The van der Waals surface area contributed by atoms with Crippen LogP contribution in [0.15, 0.2) is 12.3 Å². The van der Waals surface area contributed by atoms with Crippen LogP contribution in [-0.2, 0) is 4.79 Å². The van der Waals surface area contributed by atoms with E-state index in [0.29, 0.717) is 11.7 Å². The first-order valence-corrected chi connectivity index (χ1v) is 8.65. The van der Waals surface area contributed by atoms with E-state index in [-0.39, 0.29) is 24.0 Å². The number of hydrazine groups is 1. The highest BCUT2D eigenvalue weighted by molar-refractivity contribution is 7.10. The van der Waals surface area contributed by atoms with Gasteiger partial charge in [-0.05, 0) is 37.4 Å². The Morgan fingerprint density at radius 1 is 1.56 bits per heavy atom. The van der Waals surface area contributed by atoms with Crippen LogP contribution >= 0.6 is 11.5 Å². The van der Waals surface area contributed by atoms with E-state index in [1.807, 2.05) is 6.07 Å². The third-order valence-electron chi connectivity index (χ3n) is 3.94. The van der Waals surface area contributed by atoms with Gasteiger partial charge in [0.25, 0.3) is 5.91 Å². The molecular formula is C15H19N7O2S. The van der Waals surface area contributed by atoms with Crippen LogP contribution in [-0.4, -0.2) is 32.6 Å². The first-order chi connectivity index (χ1) is 12.0. The van der Waals surface area contributed by atoms with Gasteiger partial charge in [-0.1, -0.05) is 0 Å². The molecule has 1 saturated carbocycles. The molecule has 3 rings (SSSR count). The van der Waals surface area contributed by atoms with E-state index in [0.717, 1.165) is 29.8 Å². The van der Waals surface area contributed by atoms with E-state index in [2.05, 4.69) is 19.7 Å². The summed E-state index contributed by atoms with van der Waals surface area (Å²) in [5, 5.41) is 5.14. The summed E-state index contributed by atoms with van der Waals surface area (Å²) in [6.07, 6.45) is 4.70. The van der Waals surface area contributed by atoms with Gasteiger partial charge in [-0.15, -0.1) is 0 Å². The number of aromatic nitrogens is 3. The number of rotatable bonds is 8. The Balaban J connectivity index is 1.87. The quantitative estimate of drug-likeness (QED) is 0.363. The Kier molecular flexibility index (Phi) is 4.91. The summed E-state index contributed by atoms with van der Waals surface area (Å²) in [4.78, 5) is 30.7. The van der Waals surface area contributed by atoms with Crippen LogP contribution in [0.4, 0.5) is 16.6 Å². The molecule has 1 atom stereocenters. The third kappa shape index (κ3) is 3.91. The normalized spacial score (nSPS) is 14.8. The second-order valence-corrected chi connectivity index (χ2v) is 6.77. The Bertz CT molecular complexity index is 790. The minimum absolute atomic E-state index is 0.0153. The predicted molar refractivity (Wildman–Crippen MR) is 94.7 cm³/mol. The van der Waals surface area contributed by atoms with Gasteiger partial charge in [-0.25, -0.2) is 15.8 Å². The summed E-state index contributed by atoms with van der Waals surface area (Å²) < 4.78 is 4.40. The van der Waals surface area contributed by atoms with Gasteiger partial charge < -0.3 is 15.8 Å². The molecule has 0 aromatic carbocycles. The van der Waals surface area contributed by atoms with Gasteiger partial charge in [0.15, 0.2) is 17.3 Å². The molecule has 0 bridgehead atoms. The van der Waals surface area contributed by atoms with Crippen molar-refractivity contribution in [3.63, 3.8) is 0 Å². The molecule has 2 aromatic heterocycles. The Morgan fingerprint density at radius 3 is 2.96 bits per heavy atom. The van der Waals surface area contributed by atoms with Crippen LogP contribution in [0.3, 0.4) is 0 Å². The van der Waals surface area contributed by atoms with Crippen molar-refractivity contribution in [1.82, 2.24) is 14.3 Å². The van der Waals surface area contributed by atoms with E-state index in [4.69, 9.17) is 11.6 Å². The highest BCUT2D eigenvalue weighted by Gasteiger charge is 2.26. The largest absolute Gasteiger partial charge is 0.364 e. The summed E-state index contributed by atoms with van der Waals surface area (Å²) in [6, 6.07) is 1.68. The maximum Gasteiger partial charge on any atom is 0.271 e. The van der Waals surface area contributed by atoms with Crippen LogP contribution in [0, 0.1) is 0 Å².